The number of nitrogens with zero attached hydrogens (tertiary/aromatic N) is 3. The van der Waals surface area contributed by atoms with Gasteiger partial charge in [0.05, 0.1) is 10.6 Å². The number of benzene rings is 3. The lowest BCUT2D eigenvalue weighted by molar-refractivity contribution is -0.384. The minimum Gasteiger partial charge on any atom is -0.436 e. The molecular weight excluding hydrogens is 390 g/mol. The van der Waals surface area contributed by atoms with Gasteiger partial charge in [-0.1, -0.05) is 23.7 Å². The van der Waals surface area contributed by atoms with Crippen LogP contribution in [0, 0.1) is 24.0 Å². The molecule has 0 saturated carbocycles. The summed E-state index contributed by atoms with van der Waals surface area (Å²) in [5.74, 6) is 0.518. The first-order chi connectivity index (χ1) is 13.9. The summed E-state index contributed by atoms with van der Waals surface area (Å²) in [6, 6.07) is 16.0. The van der Waals surface area contributed by atoms with E-state index in [0.29, 0.717) is 17.1 Å². The Bertz CT molecular complexity index is 1240. The van der Waals surface area contributed by atoms with Crippen molar-refractivity contribution in [2.75, 3.05) is 0 Å². The quantitative estimate of drug-likeness (QED) is 0.223. The van der Waals surface area contributed by atoms with Crippen LogP contribution in [0.4, 0.5) is 11.4 Å². The first-order valence-electron chi connectivity index (χ1n) is 8.87. The van der Waals surface area contributed by atoms with Crippen molar-refractivity contribution in [2.45, 2.75) is 13.8 Å². The van der Waals surface area contributed by atoms with Crippen molar-refractivity contribution in [2.24, 2.45) is 4.99 Å². The summed E-state index contributed by atoms with van der Waals surface area (Å²) < 4.78 is 5.91. The average Bonchev–Trinajstić information content (AvgIpc) is 3.10. The number of nitro benzene ring substituents is 1. The van der Waals surface area contributed by atoms with E-state index in [4.69, 9.17) is 16.0 Å². The summed E-state index contributed by atoms with van der Waals surface area (Å²) in [6.07, 6.45) is 1.56. The maximum absolute atomic E-state index is 11.0. The van der Waals surface area contributed by atoms with Gasteiger partial charge in [0.25, 0.3) is 5.69 Å². The van der Waals surface area contributed by atoms with E-state index in [-0.39, 0.29) is 10.7 Å². The lowest BCUT2D eigenvalue weighted by Gasteiger charge is -1.99. The monoisotopic (exact) mass is 405 g/mol. The Morgan fingerprint density at radius 1 is 1.10 bits per heavy atom. The zero-order chi connectivity index (χ0) is 20.5. The Morgan fingerprint density at radius 3 is 2.69 bits per heavy atom. The topological polar surface area (TPSA) is 81.5 Å². The molecule has 1 heterocycles. The zero-order valence-corrected chi connectivity index (χ0v) is 16.5. The van der Waals surface area contributed by atoms with Gasteiger partial charge in [-0.05, 0) is 66.9 Å². The van der Waals surface area contributed by atoms with Crippen LogP contribution in [0.15, 0.2) is 64.0 Å². The minimum atomic E-state index is -0.517. The van der Waals surface area contributed by atoms with Crippen LogP contribution in [0.1, 0.15) is 16.7 Å². The van der Waals surface area contributed by atoms with Crippen molar-refractivity contribution in [3.63, 3.8) is 0 Å². The summed E-state index contributed by atoms with van der Waals surface area (Å²) in [5, 5.41) is 11.1. The molecule has 0 aliphatic carbocycles. The van der Waals surface area contributed by atoms with E-state index >= 15 is 0 Å². The first kappa shape index (κ1) is 18.8. The molecule has 3 aromatic carbocycles. The third kappa shape index (κ3) is 3.88. The smallest absolute Gasteiger partial charge is 0.288 e. The first-order valence-corrected chi connectivity index (χ1v) is 9.25. The van der Waals surface area contributed by atoms with Gasteiger partial charge in [0.15, 0.2) is 5.58 Å². The van der Waals surface area contributed by atoms with Gasteiger partial charge >= 0.3 is 0 Å². The molecule has 4 rings (SSSR count). The summed E-state index contributed by atoms with van der Waals surface area (Å²) in [6.45, 7) is 4.08. The van der Waals surface area contributed by atoms with Crippen molar-refractivity contribution < 1.29 is 9.34 Å². The molecule has 0 bridgehead atoms. The molecule has 0 unspecified atom stereocenters. The lowest BCUT2D eigenvalue weighted by Crippen LogP contribution is -1.91. The summed E-state index contributed by atoms with van der Waals surface area (Å²) in [4.78, 5) is 19.5. The highest BCUT2D eigenvalue weighted by atomic mass is 35.5. The van der Waals surface area contributed by atoms with Crippen LogP contribution in [-0.4, -0.2) is 16.1 Å². The predicted octanol–water partition coefficient (Wildman–Crippen LogP) is 6.42. The number of hydrogen-bond donors (Lipinski definition) is 0. The molecule has 0 spiro atoms. The van der Waals surface area contributed by atoms with Crippen LogP contribution >= 0.6 is 11.6 Å². The van der Waals surface area contributed by atoms with E-state index < -0.39 is 4.92 Å². The second kappa shape index (κ2) is 7.48. The standard InChI is InChI=1S/C22H16ClN3O3/c1-13-8-19-21(9-14(13)2)29-22(25-19)16-4-3-5-17(11-16)24-12-15-6-7-18(23)20(10-15)26(27)28/h3-12H,1-2H3. The maximum Gasteiger partial charge on any atom is 0.288 e. The number of rotatable bonds is 4. The number of aryl methyl sites for hydroxylation is 2. The summed E-state index contributed by atoms with van der Waals surface area (Å²) >= 11 is 5.85. The van der Waals surface area contributed by atoms with Crippen molar-refractivity contribution in [3.8, 4) is 11.5 Å². The molecule has 4 aromatic rings. The van der Waals surface area contributed by atoms with E-state index in [2.05, 4.69) is 9.98 Å². The Hall–Kier alpha value is -3.51. The van der Waals surface area contributed by atoms with Crippen LogP contribution in [0.25, 0.3) is 22.6 Å². The fourth-order valence-electron chi connectivity index (χ4n) is 2.92. The van der Waals surface area contributed by atoms with Crippen LogP contribution in [0.5, 0.6) is 0 Å². The molecule has 29 heavy (non-hydrogen) atoms. The minimum absolute atomic E-state index is 0.0931. The fraction of sp³-hybridized carbons (Fsp3) is 0.0909. The number of halogens is 1. The van der Waals surface area contributed by atoms with E-state index in [9.17, 15) is 10.1 Å². The highest BCUT2D eigenvalue weighted by molar-refractivity contribution is 6.32. The normalized spacial score (nSPS) is 11.4. The maximum atomic E-state index is 11.0. The van der Waals surface area contributed by atoms with Gasteiger partial charge in [-0.15, -0.1) is 0 Å². The Labute approximate surface area is 171 Å². The molecule has 6 nitrogen and oxygen atoms in total. The van der Waals surface area contributed by atoms with Crippen molar-refractivity contribution in [1.29, 1.82) is 0 Å². The van der Waals surface area contributed by atoms with Gasteiger partial charge in [0.1, 0.15) is 10.5 Å². The van der Waals surface area contributed by atoms with Crippen molar-refractivity contribution in [3.05, 3.63) is 86.4 Å². The number of nitro groups is 1. The van der Waals surface area contributed by atoms with Gasteiger partial charge in [-0.25, -0.2) is 4.98 Å². The molecule has 0 saturated heterocycles. The van der Waals surface area contributed by atoms with Crippen LogP contribution in [0.3, 0.4) is 0 Å². The molecule has 0 atom stereocenters. The van der Waals surface area contributed by atoms with E-state index in [1.165, 1.54) is 12.1 Å². The molecule has 144 valence electrons. The third-order valence-corrected chi connectivity index (χ3v) is 4.95. The Morgan fingerprint density at radius 2 is 1.90 bits per heavy atom. The highest BCUT2D eigenvalue weighted by Crippen LogP contribution is 2.29. The van der Waals surface area contributed by atoms with E-state index in [0.717, 1.165) is 27.8 Å². The number of aliphatic imine (C=N–C) groups is 1. The zero-order valence-electron chi connectivity index (χ0n) is 15.7. The molecule has 0 radical (unpaired) electrons. The van der Waals surface area contributed by atoms with Gasteiger partial charge in [0.2, 0.25) is 5.89 Å². The van der Waals surface area contributed by atoms with Crippen molar-refractivity contribution >= 4 is 40.3 Å². The Kier molecular flexibility index (Phi) is 4.86. The molecule has 0 fully saturated rings. The molecule has 1 aromatic heterocycles. The van der Waals surface area contributed by atoms with Crippen molar-refractivity contribution in [1.82, 2.24) is 4.98 Å². The highest BCUT2D eigenvalue weighted by Gasteiger charge is 2.12. The number of oxazole rings is 1. The SMILES string of the molecule is Cc1cc2nc(-c3cccc(N=Cc4ccc(Cl)c([N+](=O)[O-])c4)c3)oc2cc1C. The van der Waals surface area contributed by atoms with E-state index in [1.807, 2.05) is 50.2 Å². The summed E-state index contributed by atoms with van der Waals surface area (Å²) in [7, 11) is 0. The second-order valence-corrected chi connectivity index (χ2v) is 7.11. The molecule has 0 amide bonds. The lowest BCUT2D eigenvalue weighted by atomic mass is 10.1. The molecule has 0 aliphatic heterocycles. The third-order valence-electron chi connectivity index (χ3n) is 4.63. The largest absolute Gasteiger partial charge is 0.436 e. The fourth-order valence-corrected chi connectivity index (χ4v) is 3.11. The predicted molar refractivity (Wildman–Crippen MR) is 114 cm³/mol. The van der Waals surface area contributed by atoms with Gasteiger partial charge in [-0.2, -0.15) is 0 Å². The van der Waals surface area contributed by atoms with Crippen LogP contribution < -0.4 is 0 Å². The second-order valence-electron chi connectivity index (χ2n) is 6.70. The molecule has 0 aliphatic rings. The number of aromatic nitrogens is 1. The van der Waals surface area contributed by atoms with Gasteiger partial charge in [0, 0.05) is 17.8 Å². The average molecular weight is 406 g/mol. The number of fused-ring (bicyclic) bond motifs is 1. The Balaban J connectivity index is 1.65. The summed E-state index contributed by atoms with van der Waals surface area (Å²) in [5.41, 5.74) is 5.77. The van der Waals surface area contributed by atoms with E-state index in [1.54, 1.807) is 12.3 Å². The molecular formula is C22H16ClN3O3. The number of hydrogen-bond acceptors (Lipinski definition) is 5. The molecule has 7 heteroatoms. The van der Waals surface area contributed by atoms with Crippen LogP contribution in [-0.2, 0) is 0 Å². The molecule has 0 N–H and O–H groups in total. The van der Waals surface area contributed by atoms with Crippen LogP contribution in [0.2, 0.25) is 5.02 Å². The van der Waals surface area contributed by atoms with Gasteiger partial charge < -0.3 is 4.42 Å². The van der Waals surface area contributed by atoms with Gasteiger partial charge in [-0.3, -0.25) is 15.1 Å².